The van der Waals surface area contributed by atoms with E-state index >= 15 is 0 Å². The summed E-state index contributed by atoms with van der Waals surface area (Å²) in [6, 6.07) is 0. The Morgan fingerprint density at radius 3 is 1.50 bits per heavy atom. The number of esters is 2. The molecule has 0 aliphatic rings. The number of phosphoric acid groups is 1. The van der Waals surface area contributed by atoms with Crippen molar-refractivity contribution in [2.24, 2.45) is 0 Å². The SMILES string of the molecule is CCCCC/C=C/C/C=C/C/C=C/C/C=C/C/C=C/CCC(=O)OC[C@H](COP(=O)(O)OCC[N+](C)(C)C)OC(=O)CCCCCCCCC/C=C/CCCCCC. The minimum Gasteiger partial charge on any atom is -0.462 e. The molecule has 0 aromatic carbocycles. The van der Waals surface area contributed by atoms with Crippen LogP contribution in [0.1, 0.15) is 168 Å². The van der Waals surface area contributed by atoms with E-state index in [1.165, 1.54) is 77.0 Å². The van der Waals surface area contributed by atoms with Crippen LogP contribution in [-0.4, -0.2) is 74.9 Å². The van der Waals surface area contributed by atoms with Gasteiger partial charge in [-0.3, -0.25) is 18.6 Å². The van der Waals surface area contributed by atoms with Crippen molar-refractivity contribution in [1.29, 1.82) is 0 Å². The summed E-state index contributed by atoms with van der Waals surface area (Å²) in [6.45, 7) is 4.28. The maximum absolute atomic E-state index is 12.7. The normalized spacial score (nSPS) is 14.2. The van der Waals surface area contributed by atoms with Gasteiger partial charge in [-0.2, -0.15) is 0 Å². The van der Waals surface area contributed by atoms with Crippen LogP contribution in [-0.2, 0) is 32.7 Å². The molecular weight excluding hydrogens is 750 g/mol. The number of quaternary nitrogens is 1. The smallest absolute Gasteiger partial charge is 0.462 e. The van der Waals surface area contributed by atoms with Crippen LogP contribution in [0.2, 0.25) is 0 Å². The first kappa shape index (κ1) is 55.5. The summed E-state index contributed by atoms with van der Waals surface area (Å²) in [7, 11) is 1.43. The van der Waals surface area contributed by atoms with Crippen LogP contribution in [0, 0.1) is 0 Å². The van der Waals surface area contributed by atoms with Gasteiger partial charge in [0.05, 0.1) is 27.7 Å². The molecule has 1 unspecified atom stereocenters. The van der Waals surface area contributed by atoms with E-state index in [1.807, 2.05) is 33.3 Å². The predicted molar refractivity (Wildman–Crippen MR) is 242 cm³/mol. The molecule has 0 aromatic heterocycles. The Morgan fingerprint density at radius 1 is 0.534 bits per heavy atom. The highest BCUT2D eigenvalue weighted by Gasteiger charge is 2.27. The molecule has 0 amide bonds. The second kappa shape index (κ2) is 39.9. The fourth-order valence-electron chi connectivity index (χ4n) is 5.64. The molecule has 9 nitrogen and oxygen atoms in total. The Labute approximate surface area is 355 Å². The highest BCUT2D eigenvalue weighted by atomic mass is 31.2. The van der Waals surface area contributed by atoms with E-state index in [0.717, 1.165) is 51.4 Å². The number of hydrogen-bond acceptors (Lipinski definition) is 7. The van der Waals surface area contributed by atoms with Gasteiger partial charge in [0, 0.05) is 12.8 Å². The second-order valence-electron chi connectivity index (χ2n) is 16.1. The average Bonchev–Trinajstić information content (AvgIpc) is 3.17. The fourth-order valence-corrected chi connectivity index (χ4v) is 6.38. The number of hydrogen-bond donors (Lipinski definition) is 1. The van der Waals surface area contributed by atoms with E-state index in [1.54, 1.807) is 0 Å². The molecule has 0 saturated heterocycles. The van der Waals surface area contributed by atoms with Crippen molar-refractivity contribution in [1.82, 2.24) is 0 Å². The third-order valence-electron chi connectivity index (χ3n) is 9.22. The van der Waals surface area contributed by atoms with Crippen LogP contribution < -0.4 is 0 Å². The van der Waals surface area contributed by atoms with Crippen LogP contribution in [0.15, 0.2) is 72.9 Å². The number of ether oxygens (including phenoxy) is 2. The zero-order valence-electron chi connectivity index (χ0n) is 37.5. The summed E-state index contributed by atoms with van der Waals surface area (Å²) in [5, 5.41) is 0. The van der Waals surface area contributed by atoms with E-state index < -0.39 is 32.5 Å². The first-order valence-corrected chi connectivity index (χ1v) is 24.2. The molecule has 0 radical (unpaired) electrons. The van der Waals surface area contributed by atoms with Crippen LogP contribution in [0.25, 0.3) is 0 Å². The zero-order chi connectivity index (χ0) is 42.8. The fraction of sp³-hybridized carbons (Fsp3) is 0.708. The summed E-state index contributed by atoms with van der Waals surface area (Å²) in [6.07, 6.45) is 49.6. The van der Waals surface area contributed by atoms with E-state index in [2.05, 4.69) is 74.6 Å². The molecule has 10 heteroatoms. The van der Waals surface area contributed by atoms with Gasteiger partial charge in [-0.15, -0.1) is 0 Å². The Kier molecular flexibility index (Phi) is 38.1. The molecule has 0 fully saturated rings. The van der Waals surface area contributed by atoms with Crippen molar-refractivity contribution in [2.75, 3.05) is 47.5 Å². The van der Waals surface area contributed by atoms with Gasteiger partial charge in [-0.25, -0.2) is 4.57 Å². The molecule has 0 bridgehead atoms. The lowest BCUT2D eigenvalue weighted by Gasteiger charge is -2.24. The number of carbonyl (C=O) groups excluding carboxylic acids is 2. The predicted octanol–water partition coefficient (Wildman–Crippen LogP) is 13.0. The molecular formula is C48H85NO8P+. The molecule has 0 aromatic rings. The maximum atomic E-state index is 12.7. The van der Waals surface area contributed by atoms with E-state index in [9.17, 15) is 19.0 Å². The van der Waals surface area contributed by atoms with E-state index in [0.29, 0.717) is 23.9 Å². The summed E-state index contributed by atoms with van der Waals surface area (Å²) >= 11 is 0. The Hall–Kier alpha value is -2.55. The summed E-state index contributed by atoms with van der Waals surface area (Å²) < 4.78 is 34.2. The molecule has 2 atom stereocenters. The number of allylic oxidation sites excluding steroid dienone is 12. The average molecular weight is 835 g/mol. The Bertz CT molecular complexity index is 1220. The summed E-state index contributed by atoms with van der Waals surface area (Å²) in [5.41, 5.74) is 0. The minimum absolute atomic E-state index is 0.0168. The number of nitrogens with zero attached hydrogens (tertiary/aromatic N) is 1. The van der Waals surface area contributed by atoms with Gasteiger partial charge in [0.2, 0.25) is 0 Å². The molecule has 0 heterocycles. The van der Waals surface area contributed by atoms with Crippen molar-refractivity contribution in [3.05, 3.63) is 72.9 Å². The monoisotopic (exact) mass is 835 g/mol. The van der Waals surface area contributed by atoms with Gasteiger partial charge in [0.25, 0.3) is 0 Å². The summed E-state index contributed by atoms with van der Waals surface area (Å²) in [5.74, 6) is -0.905. The van der Waals surface area contributed by atoms with Gasteiger partial charge >= 0.3 is 19.8 Å². The molecule has 334 valence electrons. The Morgan fingerprint density at radius 2 is 0.966 bits per heavy atom. The van der Waals surface area contributed by atoms with Gasteiger partial charge in [-0.05, 0) is 77.0 Å². The highest BCUT2D eigenvalue weighted by molar-refractivity contribution is 7.47. The third-order valence-corrected chi connectivity index (χ3v) is 10.2. The van der Waals surface area contributed by atoms with Crippen molar-refractivity contribution in [3.8, 4) is 0 Å². The van der Waals surface area contributed by atoms with Crippen LogP contribution in [0.5, 0.6) is 0 Å². The molecule has 0 rings (SSSR count). The molecule has 0 aliphatic heterocycles. The first-order chi connectivity index (χ1) is 28.0. The van der Waals surface area contributed by atoms with Crippen molar-refractivity contribution in [2.45, 2.75) is 174 Å². The van der Waals surface area contributed by atoms with Gasteiger partial charge in [0.15, 0.2) is 6.10 Å². The maximum Gasteiger partial charge on any atom is 0.472 e. The Balaban J connectivity index is 4.48. The quantitative estimate of drug-likeness (QED) is 0.0214. The first-order valence-electron chi connectivity index (χ1n) is 22.7. The van der Waals surface area contributed by atoms with Crippen LogP contribution in [0.4, 0.5) is 0 Å². The lowest BCUT2D eigenvalue weighted by Crippen LogP contribution is -2.37. The van der Waals surface area contributed by atoms with Crippen molar-refractivity contribution < 1.29 is 42.1 Å². The summed E-state index contributed by atoms with van der Waals surface area (Å²) in [4.78, 5) is 35.3. The number of likely N-dealkylation sites (N-methyl/N-ethyl adjacent to an activating group) is 1. The number of carbonyl (C=O) groups is 2. The second-order valence-corrected chi connectivity index (χ2v) is 17.5. The van der Waals surface area contributed by atoms with Gasteiger partial charge in [-0.1, -0.05) is 151 Å². The van der Waals surface area contributed by atoms with Gasteiger partial charge in [0.1, 0.15) is 19.8 Å². The van der Waals surface area contributed by atoms with Crippen LogP contribution in [0.3, 0.4) is 0 Å². The largest absolute Gasteiger partial charge is 0.472 e. The van der Waals surface area contributed by atoms with E-state index in [4.69, 9.17) is 18.5 Å². The third kappa shape index (κ3) is 43.0. The van der Waals surface area contributed by atoms with Gasteiger partial charge < -0.3 is 18.9 Å². The zero-order valence-corrected chi connectivity index (χ0v) is 38.4. The van der Waals surface area contributed by atoms with E-state index in [-0.39, 0.29) is 26.1 Å². The van der Waals surface area contributed by atoms with Crippen molar-refractivity contribution >= 4 is 19.8 Å². The molecule has 0 spiro atoms. The lowest BCUT2D eigenvalue weighted by molar-refractivity contribution is -0.870. The molecule has 58 heavy (non-hydrogen) atoms. The number of unbranched alkanes of at least 4 members (excludes halogenated alkanes) is 14. The lowest BCUT2D eigenvalue weighted by atomic mass is 10.1. The van der Waals surface area contributed by atoms with Crippen molar-refractivity contribution in [3.63, 3.8) is 0 Å². The standard InChI is InChI=1S/C48H84NO8P/c1-6-8-10-12-14-16-18-20-22-23-24-25-27-28-30-32-34-36-38-40-47(50)54-44-46(45-56-58(52,53)55-43-42-49(3,4)5)57-48(51)41-39-37-35-33-31-29-26-21-19-17-15-13-11-9-7-2/h14,16-17,19-20,22,24-25,28,30,34,36,46H,6-13,15,18,21,23,26-27,29,31-33,35,37-45H2,1-5H3/p+1/b16-14+,19-17+,22-20+,25-24+,30-28+,36-34+/t46-/m1/s1. The number of rotatable bonds is 40. The minimum atomic E-state index is -4.40. The molecule has 1 N–H and O–H groups in total. The highest BCUT2D eigenvalue weighted by Crippen LogP contribution is 2.43. The molecule has 0 saturated carbocycles. The topological polar surface area (TPSA) is 108 Å². The van der Waals surface area contributed by atoms with Crippen LogP contribution >= 0.6 is 7.82 Å². The number of phosphoric ester groups is 1. The molecule has 0 aliphatic carbocycles.